The van der Waals surface area contributed by atoms with Crippen LogP contribution in [-0.4, -0.2) is 59.9 Å². The molecule has 7 nitrogen and oxygen atoms in total. The second kappa shape index (κ2) is 14.8. The van der Waals surface area contributed by atoms with Gasteiger partial charge in [0.05, 0.1) is 49.5 Å². The van der Waals surface area contributed by atoms with Gasteiger partial charge >= 0.3 is 0 Å². The van der Waals surface area contributed by atoms with E-state index in [4.69, 9.17) is 71.1 Å². The quantitative estimate of drug-likeness (QED) is 0.183. The molecule has 0 amide bonds. The first kappa shape index (κ1) is 28.0. The number of halogens is 4. The molecule has 2 aromatic heterocycles. The van der Waals surface area contributed by atoms with Crippen LogP contribution in [0, 0.1) is 0 Å². The molecule has 13 heteroatoms. The smallest absolute Gasteiger partial charge is 0.181 e. The molecule has 0 aliphatic heterocycles. The summed E-state index contributed by atoms with van der Waals surface area (Å²) in [6.45, 7) is 1.71. The lowest BCUT2D eigenvalue weighted by Crippen LogP contribution is -2.03. The number of nitrogen functional groups attached to an aromatic ring is 1. The van der Waals surface area contributed by atoms with Crippen LogP contribution < -0.4 is 24.7 Å². The summed E-state index contributed by atoms with van der Waals surface area (Å²) in [6.07, 6.45) is 0. The van der Waals surface area contributed by atoms with Gasteiger partial charge in [-0.25, -0.2) is 9.97 Å². The lowest BCUT2D eigenvalue weighted by molar-refractivity contribution is 0.291. The van der Waals surface area contributed by atoms with E-state index in [1.807, 2.05) is 18.2 Å². The lowest BCUT2D eigenvalue weighted by atomic mass is 10.3. The number of benzene rings is 2. The molecule has 0 saturated carbocycles. The maximum absolute atomic E-state index is 5.67. The van der Waals surface area contributed by atoms with Gasteiger partial charge < -0.3 is 24.7 Å². The first-order chi connectivity index (χ1) is 17.1. The number of hydrogen-bond acceptors (Lipinski definition) is 9. The summed E-state index contributed by atoms with van der Waals surface area (Å²) < 4.78 is 24.1. The van der Waals surface area contributed by atoms with Crippen molar-refractivity contribution in [3.8, 4) is 23.0 Å². The van der Waals surface area contributed by atoms with E-state index >= 15 is 0 Å². The number of rotatable bonds is 12. The Balaban J connectivity index is 0.000000196. The van der Waals surface area contributed by atoms with Gasteiger partial charge in [-0.3, -0.25) is 0 Å². The Hall–Kier alpha value is -1.62. The van der Waals surface area contributed by atoms with Gasteiger partial charge in [0.2, 0.25) is 0 Å². The Morgan fingerprint density at radius 1 is 0.657 bits per heavy atom. The summed E-state index contributed by atoms with van der Waals surface area (Å²) in [5, 5.41) is 0.516. The molecule has 0 radical (unpaired) electrons. The number of hydrogen-bond donors (Lipinski definition) is 1. The maximum Gasteiger partial charge on any atom is 0.181 e. The number of aromatic nitrogens is 2. The van der Waals surface area contributed by atoms with Crippen molar-refractivity contribution in [3.63, 3.8) is 0 Å². The zero-order chi connectivity index (χ0) is 25.0. The monoisotopic (exact) mass is 597 g/mol. The summed E-state index contributed by atoms with van der Waals surface area (Å²) in [7, 11) is 0. The molecule has 4 rings (SSSR count). The van der Waals surface area contributed by atoms with Crippen LogP contribution in [0.25, 0.3) is 20.4 Å². The molecular weight excluding hydrogens is 576 g/mol. The number of nitrogens with two attached hydrogens (primary N) is 1. The highest BCUT2D eigenvalue weighted by Gasteiger charge is 2.11. The molecular formula is C22H23Cl4N3O4S2. The Morgan fingerprint density at radius 2 is 1.11 bits per heavy atom. The van der Waals surface area contributed by atoms with Gasteiger partial charge in [0.25, 0.3) is 0 Å². The highest BCUT2D eigenvalue weighted by molar-refractivity contribution is 7.22. The molecule has 0 aliphatic rings. The van der Waals surface area contributed by atoms with E-state index in [9.17, 15) is 0 Å². The standard InChI is InChI=1S/C11H12Cl2N2O2S.C11H11Cl2NO2S/c12-1-3-16-8-5-7-10(18-11(14)15-7)6-9(8)17-4-2-13;12-1-3-15-9-5-8-11(17-7-14-8)6-10(9)16-4-2-13/h5-6H,1-4H2,(H2,14,15);5-7H,1-4H2. The van der Waals surface area contributed by atoms with E-state index < -0.39 is 0 Å². The zero-order valence-electron chi connectivity index (χ0n) is 18.5. The van der Waals surface area contributed by atoms with E-state index in [0.29, 0.717) is 78.1 Å². The van der Waals surface area contributed by atoms with Crippen LogP contribution in [0.3, 0.4) is 0 Å². The fraction of sp³-hybridized carbons (Fsp3) is 0.364. The summed E-state index contributed by atoms with van der Waals surface area (Å²) >= 11 is 25.4. The second-order valence-electron chi connectivity index (χ2n) is 6.59. The Bertz CT molecular complexity index is 1120. The van der Waals surface area contributed by atoms with Crippen molar-refractivity contribution < 1.29 is 18.9 Å². The molecule has 0 fully saturated rings. The third-order valence-electron chi connectivity index (χ3n) is 4.21. The number of nitrogens with zero attached hydrogens (tertiary/aromatic N) is 2. The highest BCUT2D eigenvalue weighted by Crippen LogP contribution is 2.36. The second-order valence-corrected chi connectivity index (χ2v) is 10.0. The predicted molar refractivity (Wildman–Crippen MR) is 149 cm³/mol. The van der Waals surface area contributed by atoms with E-state index in [1.54, 1.807) is 22.9 Å². The number of ether oxygens (including phenoxy) is 4. The highest BCUT2D eigenvalue weighted by atomic mass is 35.5. The van der Waals surface area contributed by atoms with Crippen molar-refractivity contribution in [3.05, 3.63) is 29.8 Å². The van der Waals surface area contributed by atoms with Gasteiger partial charge in [-0.2, -0.15) is 0 Å². The van der Waals surface area contributed by atoms with Crippen LogP contribution in [0.5, 0.6) is 23.0 Å². The third-order valence-corrected chi connectivity index (χ3v) is 6.46. The molecule has 0 atom stereocenters. The maximum atomic E-state index is 5.67. The number of fused-ring (bicyclic) bond motifs is 2. The minimum absolute atomic E-state index is 0.407. The molecule has 2 aromatic carbocycles. The molecule has 0 spiro atoms. The van der Waals surface area contributed by atoms with Gasteiger partial charge in [0.15, 0.2) is 28.1 Å². The first-order valence-electron chi connectivity index (χ1n) is 10.4. The van der Waals surface area contributed by atoms with Gasteiger partial charge in [0, 0.05) is 24.3 Å². The normalized spacial score (nSPS) is 10.7. The van der Waals surface area contributed by atoms with Crippen LogP contribution >= 0.6 is 69.1 Å². The van der Waals surface area contributed by atoms with Crippen molar-refractivity contribution in [2.24, 2.45) is 0 Å². The Morgan fingerprint density at radius 3 is 1.63 bits per heavy atom. The topological polar surface area (TPSA) is 88.7 Å². The van der Waals surface area contributed by atoms with E-state index in [2.05, 4.69) is 9.97 Å². The zero-order valence-corrected chi connectivity index (χ0v) is 23.1. The molecule has 2 heterocycles. The van der Waals surface area contributed by atoms with E-state index in [1.165, 1.54) is 11.3 Å². The molecule has 4 aromatic rings. The largest absolute Gasteiger partial charge is 0.488 e. The lowest BCUT2D eigenvalue weighted by Gasteiger charge is -2.11. The van der Waals surface area contributed by atoms with Crippen LogP contribution in [0.2, 0.25) is 0 Å². The first-order valence-corrected chi connectivity index (χ1v) is 14.2. The van der Waals surface area contributed by atoms with Crippen LogP contribution in [0.1, 0.15) is 0 Å². The molecule has 190 valence electrons. The average molecular weight is 599 g/mol. The third kappa shape index (κ3) is 8.20. The summed E-state index contributed by atoms with van der Waals surface area (Å²) in [6, 6.07) is 7.45. The SMILES string of the molecule is ClCCOc1cc2ncsc2cc1OCCCl.Nc1nc2cc(OCCCl)c(OCCCl)cc2s1. The number of alkyl halides is 4. The molecule has 2 N–H and O–H groups in total. The minimum atomic E-state index is 0.407. The van der Waals surface area contributed by atoms with Gasteiger partial charge in [-0.15, -0.1) is 57.7 Å². The van der Waals surface area contributed by atoms with E-state index in [-0.39, 0.29) is 0 Å². The fourth-order valence-electron chi connectivity index (χ4n) is 2.86. The Kier molecular flexibility index (Phi) is 11.8. The van der Waals surface area contributed by atoms with Gasteiger partial charge in [-0.1, -0.05) is 11.3 Å². The van der Waals surface area contributed by atoms with E-state index in [0.717, 1.165) is 20.4 Å². The average Bonchev–Trinajstić information content (AvgIpc) is 3.47. The molecule has 0 saturated heterocycles. The fourth-order valence-corrected chi connectivity index (χ4v) is 4.61. The van der Waals surface area contributed by atoms with Crippen molar-refractivity contribution in [2.45, 2.75) is 0 Å². The summed E-state index contributed by atoms with van der Waals surface area (Å²) in [5.74, 6) is 4.29. The van der Waals surface area contributed by atoms with Crippen molar-refractivity contribution in [1.29, 1.82) is 0 Å². The summed E-state index contributed by atoms with van der Waals surface area (Å²) in [4.78, 5) is 8.44. The molecule has 0 unspecified atom stereocenters. The van der Waals surface area contributed by atoms with Crippen LogP contribution in [-0.2, 0) is 0 Å². The van der Waals surface area contributed by atoms with Gasteiger partial charge in [-0.05, 0) is 0 Å². The predicted octanol–water partition coefficient (Wildman–Crippen LogP) is 6.65. The van der Waals surface area contributed by atoms with Crippen LogP contribution in [0.4, 0.5) is 5.13 Å². The molecule has 0 bridgehead atoms. The Labute approximate surface area is 231 Å². The van der Waals surface area contributed by atoms with Crippen molar-refractivity contribution in [1.82, 2.24) is 9.97 Å². The van der Waals surface area contributed by atoms with Crippen molar-refractivity contribution in [2.75, 3.05) is 55.7 Å². The minimum Gasteiger partial charge on any atom is -0.488 e. The molecule has 35 heavy (non-hydrogen) atoms. The van der Waals surface area contributed by atoms with Gasteiger partial charge in [0.1, 0.15) is 26.4 Å². The van der Waals surface area contributed by atoms with Crippen LogP contribution in [0.15, 0.2) is 29.8 Å². The van der Waals surface area contributed by atoms with Crippen molar-refractivity contribution >= 4 is 94.6 Å². The number of anilines is 1. The molecule has 0 aliphatic carbocycles. The number of thiazole rings is 2. The summed E-state index contributed by atoms with van der Waals surface area (Å²) in [5.41, 5.74) is 9.16.